The van der Waals surface area contributed by atoms with Crippen LogP contribution in [0.4, 0.5) is 13.2 Å². The number of carboxylic acid groups (broad SMARTS) is 1. The smallest absolute Gasteiger partial charge is 0.416 e. The molecule has 0 spiro atoms. The van der Waals surface area contributed by atoms with Gasteiger partial charge in [0.15, 0.2) is 0 Å². The minimum Gasteiger partial charge on any atom is -0.480 e. The Balaban J connectivity index is 2.03. The molecule has 2 N–H and O–H groups in total. The lowest BCUT2D eigenvalue weighted by Crippen LogP contribution is -2.42. The Kier molecular flexibility index (Phi) is 6.38. The maximum absolute atomic E-state index is 13.0. The van der Waals surface area contributed by atoms with Crippen LogP contribution >= 0.6 is 0 Å². The summed E-state index contributed by atoms with van der Waals surface area (Å²) in [6.07, 6.45) is -4.56. The standard InChI is InChI=1S/C19H18F3NO3/c20-19(21,22)15-9-5-4-8-14(15)12-16(18(25)26)23-17(24)11-10-13-6-2-1-3-7-13/h1-9,16H,10-12H2,(H,23,24)(H,25,26)/t16-/m1/s1. The molecule has 4 nitrogen and oxygen atoms in total. The SMILES string of the molecule is O=C(CCc1ccccc1)N[C@H](Cc1ccccc1C(F)(F)F)C(=O)O. The molecule has 0 heterocycles. The maximum atomic E-state index is 13.0. The molecule has 26 heavy (non-hydrogen) atoms. The van der Waals surface area contributed by atoms with Crippen molar-refractivity contribution in [2.45, 2.75) is 31.5 Å². The van der Waals surface area contributed by atoms with Crippen LogP contribution in [-0.2, 0) is 28.6 Å². The van der Waals surface area contributed by atoms with Gasteiger partial charge in [-0.05, 0) is 23.6 Å². The zero-order valence-electron chi connectivity index (χ0n) is 13.8. The summed E-state index contributed by atoms with van der Waals surface area (Å²) in [4.78, 5) is 23.4. The molecule has 138 valence electrons. The molecule has 0 saturated heterocycles. The lowest BCUT2D eigenvalue weighted by Gasteiger charge is -2.18. The van der Waals surface area contributed by atoms with E-state index in [0.29, 0.717) is 6.42 Å². The Hall–Kier alpha value is -2.83. The van der Waals surface area contributed by atoms with Crippen molar-refractivity contribution in [3.63, 3.8) is 0 Å². The van der Waals surface area contributed by atoms with E-state index in [0.717, 1.165) is 11.6 Å². The second-order valence-electron chi connectivity index (χ2n) is 5.80. The zero-order valence-corrected chi connectivity index (χ0v) is 13.8. The van der Waals surface area contributed by atoms with Crippen LogP contribution in [0.5, 0.6) is 0 Å². The average molecular weight is 365 g/mol. The van der Waals surface area contributed by atoms with Crippen molar-refractivity contribution in [3.05, 3.63) is 71.3 Å². The minimum atomic E-state index is -4.59. The lowest BCUT2D eigenvalue weighted by atomic mass is 9.99. The van der Waals surface area contributed by atoms with E-state index in [-0.39, 0.29) is 12.0 Å². The molecule has 7 heteroatoms. The van der Waals surface area contributed by atoms with Gasteiger partial charge in [-0.1, -0.05) is 48.5 Å². The van der Waals surface area contributed by atoms with Crippen molar-refractivity contribution >= 4 is 11.9 Å². The van der Waals surface area contributed by atoms with Crippen LogP contribution in [0, 0.1) is 0 Å². The number of aliphatic carboxylic acids is 1. The summed E-state index contributed by atoms with van der Waals surface area (Å²) in [6, 6.07) is 12.5. The van der Waals surface area contributed by atoms with E-state index >= 15 is 0 Å². The predicted octanol–water partition coefficient (Wildman–Crippen LogP) is 3.45. The Bertz CT molecular complexity index is 760. The van der Waals surface area contributed by atoms with Gasteiger partial charge in [0, 0.05) is 12.8 Å². The van der Waals surface area contributed by atoms with E-state index < -0.39 is 36.1 Å². The molecule has 2 aromatic rings. The van der Waals surface area contributed by atoms with E-state index in [1.807, 2.05) is 30.3 Å². The Morgan fingerprint density at radius 2 is 1.62 bits per heavy atom. The number of rotatable bonds is 7. The van der Waals surface area contributed by atoms with Crippen molar-refractivity contribution < 1.29 is 27.9 Å². The molecule has 0 fully saturated rings. The molecular weight excluding hydrogens is 347 g/mol. The minimum absolute atomic E-state index is 0.0503. The highest BCUT2D eigenvalue weighted by atomic mass is 19.4. The summed E-state index contributed by atoms with van der Waals surface area (Å²) in [5.41, 5.74) is -0.155. The number of hydrogen-bond donors (Lipinski definition) is 2. The molecule has 1 atom stereocenters. The first-order valence-electron chi connectivity index (χ1n) is 7.98. The van der Waals surface area contributed by atoms with E-state index in [2.05, 4.69) is 5.32 Å². The third-order valence-electron chi connectivity index (χ3n) is 3.86. The molecule has 0 radical (unpaired) electrons. The first-order valence-corrected chi connectivity index (χ1v) is 7.98. The lowest BCUT2D eigenvalue weighted by molar-refractivity contribution is -0.143. The molecule has 0 aliphatic carbocycles. The maximum Gasteiger partial charge on any atom is 0.416 e. The molecule has 2 rings (SSSR count). The fourth-order valence-electron chi connectivity index (χ4n) is 2.56. The van der Waals surface area contributed by atoms with Gasteiger partial charge in [-0.3, -0.25) is 4.79 Å². The van der Waals surface area contributed by atoms with Crippen LogP contribution in [0.1, 0.15) is 23.1 Å². The Morgan fingerprint density at radius 1 is 1.00 bits per heavy atom. The van der Waals surface area contributed by atoms with E-state index in [4.69, 9.17) is 0 Å². The van der Waals surface area contributed by atoms with Gasteiger partial charge in [-0.25, -0.2) is 4.79 Å². The van der Waals surface area contributed by atoms with Gasteiger partial charge in [-0.15, -0.1) is 0 Å². The van der Waals surface area contributed by atoms with Crippen molar-refractivity contribution in [2.24, 2.45) is 0 Å². The molecule has 2 aromatic carbocycles. The predicted molar refractivity (Wildman–Crippen MR) is 89.5 cm³/mol. The van der Waals surface area contributed by atoms with E-state index in [9.17, 15) is 27.9 Å². The van der Waals surface area contributed by atoms with Crippen LogP contribution in [0.25, 0.3) is 0 Å². The Labute approximate surface area is 148 Å². The third-order valence-corrected chi connectivity index (χ3v) is 3.86. The third kappa shape index (κ3) is 5.61. The number of carbonyl (C=O) groups is 2. The first-order chi connectivity index (χ1) is 12.3. The monoisotopic (exact) mass is 365 g/mol. The van der Waals surface area contributed by atoms with Crippen molar-refractivity contribution in [1.29, 1.82) is 0 Å². The van der Waals surface area contributed by atoms with Crippen LogP contribution < -0.4 is 5.32 Å². The number of hydrogen-bond acceptors (Lipinski definition) is 2. The molecule has 0 aliphatic rings. The van der Waals surface area contributed by atoms with Crippen LogP contribution in [-0.4, -0.2) is 23.0 Å². The molecule has 0 bridgehead atoms. The highest BCUT2D eigenvalue weighted by Crippen LogP contribution is 2.32. The number of carbonyl (C=O) groups excluding carboxylic acids is 1. The molecule has 1 amide bonds. The van der Waals surface area contributed by atoms with Gasteiger partial charge in [-0.2, -0.15) is 13.2 Å². The number of benzene rings is 2. The van der Waals surface area contributed by atoms with Crippen molar-refractivity contribution in [2.75, 3.05) is 0 Å². The number of nitrogens with one attached hydrogen (secondary N) is 1. The molecular formula is C19H18F3NO3. The normalized spacial score (nSPS) is 12.4. The fourth-order valence-corrected chi connectivity index (χ4v) is 2.56. The summed E-state index contributed by atoms with van der Waals surface area (Å²) >= 11 is 0. The van der Waals surface area contributed by atoms with Crippen LogP contribution in [0.2, 0.25) is 0 Å². The summed E-state index contributed by atoms with van der Waals surface area (Å²) in [5, 5.41) is 11.6. The van der Waals surface area contributed by atoms with E-state index in [1.165, 1.54) is 18.2 Å². The average Bonchev–Trinajstić information content (AvgIpc) is 2.60. The number of alkyl halides is 3. The summed E-state index contributed by atoms with van der Waals surface area (Å²) < 4.78 is 39.1. The van der Waals surface area contributed by atoms with Gasteiger partial charge in [0.2, 0.25) is 5.91 Å². The van der Waals surface area contributed by atoms with Gasteiger partial charge >= 0.3 is 12.1 Å². The number of carboxylic acids is 1. The molecule has 0 saturated carbocycles. The zero-order chi connectivity index (χ0) is 19.2. The van der Waals surface area contributed by atoms with Crippen LogP contribution in [0.15, 0.2) is 54.6 Å². The largest absolute Gasteiger partial charge is 0.480 e. The van der Waals surface area contributed by atoms with Gasteiger partial charge in [0.1, 0.15) is 6.04 Å². The van der Waals surface area contributed by atoms with Crippen LogP contribution in [0.3, 0.4) is 0 Å². The van der Waals surface area contributed by atoms with Gasteiger partial charge in [0.05, 0.1) is 5.56 Å². The number of aryl methyl sites for hydroxylation is 1. The second kappa shape index (κ2) is 8.51. The topological polar surface area (TPSA) is 66.4 Å². The summed E-state index contributed by atoms with van der Waals surface area (Å²) in [7, 11) is 0. The van der Waals surface area contributed by atoms with E-state index in [1.54, 1.807) is 0 Å². The fraction of sp³-hybridized carbons (Fsp3) is 0.263. The molecule has 0 unspecified atom stereocenters. The van der Waals surface area contributed by atoms with Gasteiger partial charge < -0.3 is 10.4 Å². The number of halogens is 3. The highest BCUT2D eigenvalue weighted by Gasteiger charge is 2.34. The molecule has 0 aromatic heterocycles. The molecule has 0 aliphatic heterocycles. The van der Waals surface area contributed by atoms with Crippen molar-refractivity contribution in [1.82, 2.24) is 5.32 Å². The number of amides is 1. The van der Waals surface area contributed by atoms with Gasteiger partial charge in [0.25, 0.3) is 0 Å². The summed E-state index contributed by atoms with van der Waals surface area (Å²) in [5.74, 6) is -1.90. The highest BCUT2D eigenvalue weighted by molar-refractivity contribution is 5.83. The van der Waals surface area contributed by atoms with Crippen molar-refractivity contribution in [3.8, 4) is 0 Å². The second-order valence-corrected chi connectivity index (χ2v) is 5.80. The quantitative estimate of drug-likeness (QED) is 0.790. The summed E-state index contributed by atoms with van der Waals surface area (Å²) in [6.45, 7) is 0. The first kappa shape index (κ1) is 19.5. The Morgan fingerprint density at radius 3 is 2.23 bits per heavy atom.